The van der Waals surface area contributed by atoms with Gasteiger partial charge in [0, 0.05) is 25.5 Å². The molecule has 0 aliphatic carbocycles. The highest BCUT2D eigenvalue weighted by Gasteiger charge is 2.26. The molecule has 0 radical (unpaired) electrons. The van der Waals surface area contributed by atoms with E-state index in [0.717, 1.165) is 13.0 Å². The summed E-state index contributed by atoms with van der Waals surface area (Å²) in [4.78, 5) is 18.1. The third-order valence-electron chi connectivity index (χ3n) is 2.87. The molecule has 1 atom stereocenters. The van der Waals surface area contributed by atoms with Gasteiger partial charge < -0.3 is 20.4 Å². The Balaban J connectivity index is 2.59. The molecule has 1 aliphatic rings. The maximum absolute atomic E-state index is 11.8. The fourth-order valence-corrected chi connectivity index (χ4v) is 2.09. The van der Waals surface area contributed by atoms with E-state index in [0.29, 0.717) is 16.9 Å². The number of nitrogens with one attached hydrogen (secondary N) is 2. The van der Waals surface area contributed by atoms with Crippen LogP contribution in [-0.4, -0.2) is 47.8 Å². The summed E-state index contributed by atoms with van der Waals surface area (Å²) in [6, 6.07) is 0.0233. The maximum Gasteiger partial charge on any atom is 0.407 e. The minimum atomic E-state index is -0.500. The Kier molecular flexibility index (Phi) is 6.80. The highest BCUT2D eigenvalue weighted by molar-refractivity contribution is 9.12. The van der Waals surface area contributed by atoms with E-state index in [1.54, 1.807) is 12.3 Å². The van der Waals surface area contributed by atoms with Gasteiger partial charge in [0.1, 0.15) is 11.4 Å². The van der Waals surface area contributed by atoms with E-state index in [-0.39, 0.29) is 6.04 Å². The highest BCUT2D eigenvalue weighted by atomic mass is 79.9. The SMILES string of the molecule is C=CC(=NC=C(Br)C=N)N1CC[C@H](NC(=O)OC(C)(C)C)C1. The summed E-state index contributed by atoms with van der Waals surface area (Å²) in [6.07, 6.45) is 4.81. The van der Waals surface area contributed by atoms with Crippen LogP contribution in [0.25, 0.3) is 0 Å². The first kappa shape index (κ1) is 18.4. The zero-order valence-electron chi connectivity index (χ0n) is 13.2. The van der Waals surface area contributed by atoms with Crippen LogP contribution in [0.3, 0.4) is 0 Å². The van der Waals surface area contributed by atoms with Crippen molar-refractivity contribution < 1.29 is 9.53 Å². The van der Waals surface area contributed by atoms with E-state index in [1.807, 2.05) is 25.7 Å². The number of carbonyl (C=O) groups excluding carboxylic acids is 1. The fraction of sp³-hybridized carbons (Fsp3) is 0.533. The largest absolute Gasteiger partial charge is 0.444 e. The third-order valence-corrected chi connectivity index (χ3v) is 3.31. The second-order valence-corrected chi connectivity index (χ2v) is 6.84. The summed E-state index contributed by atoms with van der Waals surface area (Å²) < 4.78 is 5.83. The maximum atomic E-state index is 11.8. The molecule has 0 bridgehead atoms. The summed E-state index contributed by atoms with van der Waals surface area (Å²) in [6.45, 7) is 10.7. The lowest BCUT2D eigenvalue weighted by Gasteiger charge is -2.22. The van der Waals surface area contributed by atoms with Gasteiger partial charge in [0.05, 0.1) is 10.5 Å². The zero-order valence-corrected chi connectivity index (χ0v) is 14.8. The van der Waals surface area contributed by atoms with Gasteiger partial charge in [-0.05, 0) is 49.2 Å². The second kappa shape index (κ2) is 8.12. The predicted molar refractivity (Wildman–Crippen MR) is 92.8 cm³/mol. The van der Waals surface area contributed by atoms with Crippen LogP contribution in [0.1, 0.15) is 27.2 Å². The van der Waals surface area contributed by atoms with Crippen molar-refractivity contribution in [1.29, 1.82) is 5.41 Å². The first-order valence-electron chi connectivity index (χ1n) is 7.06. The van der Waals surface area contributed by atoms with Crippen LogP contribution in [0.2, 0.25) is 0 Å². The molecule has 7 heteroatoms. The van der Waals surface area contributed by atoms with Gasteiger partial charge in [0.25, 0.3) is 0 Å². The topological polar surface area (TPSA) is 77.8 Å². The molecule has 1 aliphatic heterocycles. The van der Waals surface area contributed by atoms with Crippen molar-refractivity contribution in [2.45, 2.75) is 38.8 Å². The van der Waals surface area contributed by atoms with Gasteiger partial charge >= 0.3 is 6.09 Å². The van der Waals surface area contributed by atoms with E-state index in [4.69, 9.17) is 10.1 Å². The van der Waals surface area contributed by atoms with Gasteiger partial charge in [-0.3, -0.25) is 0 Å². The molecule has 22 heavy (non-hydrogen) atoms. The van der Waals surface area contributed by atoms with Crippen LogP contribution in [-0.2, 0) is 4.74 Å². The summed E-state index contributed by atoms with van der Waals surface area (Å²) in [5, 5.41) is 9.96. The van der Waals surface area contributed by atoms with E-state index in [1.165, 1.54) is 6.21 Å². The Bertz CT molecular complexity index is 494. The Morgan fingerprint density at radius 3 is 2.77 bits per heavy atom. The number of alkyl carbamates (subject to hydrolysis) is 1. The van der Waals surface area contributed by atoms with Gasteiger partial charge in [-0.25, -0.2) is 9.79 Å². The summed E-state index contributed by atoms with van der Waals surface area (Å²) in [7, 11) is 0. The molecule has 0 aromatic heterocycles. The van der Waals surface area contributed by atoms with Gasteiger partial charge in [-0.15, -0.1) is 0 Å². The summed E-state index contributed by atoms with van der Waals surface area (Å²) in [5.41, 5.74) is -0.500. The lowest BCUT2D eigenvalue weighted by atomic mass is 10.2. The van der Waals surface area contributed by atoms with Crippen LogP contribution in [0, 0.1) is 5.41 Å². The number of carbonyl (C=O) groups is 1. The monoisotopic (exact) mass is 370 g/mol. The average molecular weight is 371 g/mol. The summed E-state index contributed by atoms with van der Waals surface area (Å²) >= 11 is 3.20. The van der Waals surface area contributed by atoms with Crippen molar-refractivity contribution >= 4 is 34.1 Å². The van der Waals surface area contributed by atoms with Crippen molar-refractivity contribution in [2.75, 3.05) is 13.1 Å². The molecule has 6 nitrogen and oxygen atoms in total. The van der Waals surface area contributed by atoms with E-state index in [2.05, 4.69) is 32.8 Å². The number of aliphatic imine (C=N–C) groups is 1. The standard InChI is InChI=1S/C15H23BrN4O2/c1-5-13(18-9-11(16)8-17)20-7-6-12(10-20)19-14(21)22-15(2,3)4/h5,8-9,12,17H,1,6-7,10H2,2-4H3,(H,19,21)/t12-/m0/s1. The van der Waals surface area contributed by atoms with Crippen molar-refractivity contribution in [3.63, 3.8) is 0 Å². The number of rotatable bonds is 4. The summed E-state index contributed by atoms with van der Waals surface area (Å²) in [5.74, 6) is 0.715. The minimum Gasteiger partial charge on any atom is -0.444 e. The number of nitrogens with zero attached hydrogens (tertiary/aromatic N) is 2. The minimum absolute atomic E-state index is 0.0233. The van der Waals surface area contributed by atoms with Crippen LogP contribution >= 0.6 is 15.9 Å². The highest BCUT2D eigenvalue weighted by Crippen LogP contribution is 2.13. The zero-order chi connectivity index (χ0) is 16.8. The quantitative estimate of drug-likeness (QED) is 0.589. The number of ether oxygens (including phenoxy) is 1. The molecule has 122 valence electrons. The Morgan fingerprint density at radius 2 is 2.23 bits per heavy atom. The molecule has 1 amide bonds. The molecule has 1 fully saturated rings. The van der Waals surface area contributed by atoms with Crippen LogP contribution in [0.5, 0.6) is 0 Å². The molecule has 1 heterocycles. The first-order chi connectivity index (χ1) is 10.2. The molecule has 1 rings (SSSR count). The van der Waals surface area contributed by atoms with Crippen molar-refractivity contribution in [2.24, 2.45) is 4.99 Å². The molecule has 0 aromatic rings. The van der Waals surface area contributed by atoms with Gasteiger partial charge in [-0.1, -0.05) is 6.58 Å². The van der Waals surface area contributed by atoms with Crippen molar-refractivity contribution in [1.82, 2.24) is 10.2 Å². The number of allylic oxidation sites excluding steroid dienone is 1. The molecule has 2 N–H and O–H groups in total. The molecule has 0 saturated carbocycles. The molecule has 1 saturated heterocycles. The molecule has 0 unspecified atom stereocenters. The Morgan fingerprint density at radius 1 is 1.55 bits per heavy atom. The second-order valence-electron chi connectivity index (χ2n) is 5.93. The Hall–Kier alpha value is -1.63. The molecule has 0 aromatic carbocycles. The molecule has 0 spiro atoms. The van der Waals surface area contributed by atoms with Crippen LogP contribution in [0.15, 0.2) is 28.3 Å². The number of hydrogen-bond acceptors (Lipinski definition) is 4. The molecular weight excluding hydrogens is 348 g/mol. The normalized spacial score (nSPS) is 19.8. The smallest absolute Gasteiger partial charge is 0.407 e. The van der Waals surface area contributed by atoms with Gasteiger partial charge in [0.15, 0.2) is 0 Å². The number of likely N-dealkylation sites (tertiary alicyclic amines) is 1. The average Bonchev–Trinajstić information content (AvgIpc) is 2.85. The number of amidine groups is 1. The lowest BCUT2D eigenvalue weighted by Crippen LogP contribution is -2.41. The lowest BCUT2D eigenvalue weighted by molar-refractivity contribution is 0.0507. The number of hydrogen-bond donors (Lipinski definition) is 2. The predicted octanol–water partition coefficient (Wildman–Crippen LogP) is 3.06. The van der Waals surface area contributed by atoms with E-state index >= 15 is 0 Å². The van der Waals surface area contributed by atoms with Crippen molar-refractivity contribution in [3.05, 3.63) is 23.3 Å². The molecular formula is C15H23BrN4O2. The van der Waals surface area contributed by atoms with Gasteiger partial charge in [0.2, 0.25) is 0 Å². The first-order valence-corrected chi connectivity index (χ1v) is 7.85. The Labute approximate surface area is 139 Å². The van der Waals surface area contributed by atoms with Gasteiger partial charge in [-0.2, -0.15) is 0 Å². The van der Waals surface area contributed by atoms with Crippen LogP contribution in [0.4, 0.5) is 4.79 Å². The van der Waals surface area contributed by atoms with Crippen LogP contribution < -0.4 is 5.32 Å². The third kappa shape index (κ3) is 6.43. The number of amides is 1. The van der Waals surface area contributed by atoms with E-state index in [9.17, 15) is 4.79 Å². The fourth-order valence-electron chi connectivity index (χ4n) is 1.99. The van der Waals surface area contributed by atoms with E-state index < -0.39 is 11.7 Å². The van der Waals surface area contributed by atoms with Crippen molar-refractivity contribution in [3.8, 4) is 0 Å². The number of halogens is 1.